The van der Waals surface area contributed by atoms with E-state index in [1.807, 2.05) is 13.8 Å². The molecule has 0 aliphatic rings. The highest BCUT2D eigenvalue weighted by Gasteiger charge is 2.25. The number of amides is 2. The smallest absolute Gasteiger partial charge is 0.326 e. The molecule has 0 radical (unpaired) electrons. The fourth-order valence-corrected chi connectivity index (χ4v) is 1.58. The monoisotopic (exact) mass is 268 g/mol. The summed E-state index contributed by atoms with van der Waals surface area (Å²) in [4.78, 5) is 22.8. The zero-order valence-corrected chi connectivity index (χ0v) is 11.4. The Morgan fingerprint density at radius 2 is 2.16 bits per heavy atom. The third-order valence-electron chi connectivity index (χ3n) is 2.97. The van der Waals surface area contributed by atoms with Crippen LogP contribution in [-0.4, -0.2) is 32.9 Å². The Bertz CT molecular complexity index is 444. The second-order valence-electron chi connectivity index (χ2n) is 4.36. The third kappa shape index (κ3) is 4.27. The lowest BCUT2D eigenvalue weighted by Crippen LogP contribution is -2.46. The first kappa shape index (κ1) is 15.0. The second-order valence-corrected chi connectivity index (χ2v) is 4.36. The summed E-state index contributed by atoms with van der Waals surface area (Å²) in [5, 5.41) is 18.1. The molecule has 0 fully saturated rings. The molecule has 1 aromatic rings. The molecule has 3 N–H and O–H groups in total. The number of urea groups is 1. The highest BCUT2D eigenvalue weighted by molar-refractivity contribution is 5.91. The summed E-state index contributed by atoms with van der Waals surface area (Å²) in [7, 11) is 0. The number of rotatable bonds is 6. The van der Waals surface area contributed by atoms with E-state index in [1.165, 1.54) is 0 Å². The van der Waals surface area contributed by atoms with Crippen LogP contribution < -0.4 is 10.6 Å². The number of nitrogens with zero attached hydrogens (tertiary/aromatic N) is 2. The zero-order chi connectivity index (χ0) is 14.4. The first-order chi connectivity index (χ1) is 8.97. The van der Waals surface area contributed by atoms with Crippen LogP contribution in [-0.2, 0) is 11.3 Å². The maximum absolute atomic E-state index is 11.7. The number of aliphatic carboxylic acids is 1. The zero-order valence-electron chi connectivity index (χ0n) is 11.4. The fourth-order valence-electron chi connectivity index (χ4n) is 1.58. The van der Waals surface area contributed by atoms with Crippen molar-refractivity contribution in [1.29, 1.82) is 0 Å². The maximum Gasteiger partial charge on any atom is 0.326 e. The molecule has 1 aromatic heterocycles. The predicted octanol–water partition coefficient (Wildman–Crippen LogP) is 1.52. The summed E-state index contributed by atoms with van der Waals surface area (Å²) < 4.78 is 1.67. The lowest BCUT2D eigenvalue weighted by Gasteiger charge is -2.19. The summed E-state index contributed by atoms with van der Waals surface area (Å²) >= 11 is 0. The van der Waals surface area contributed by atoms with E-state index in [0.29, 0.717) is 18.8 Å². The summed E-state index contributed by atoms with van der Waals surface area (Å²) in [6.07, 6.45) is 2.40. The quantitative estimate of drug-likeness (QED) is 0.728. The SMILES string of the molecule is CCC(C)C(NC(=O)Nc1ccn(CC)n1)C(=O)O. The number of nitrogens with one attached hydrogen (secondary N) is 2. The van der Waals surface area contributed by atoms with Crippen LogP contribution in [0.25, 0.3) is 0 Å². The minimum Gasteiger partial charge on any atom is -0.480 e. The third-order valence-corrected chi connectivity index (χ3v) is 2.97. The Hall–Kier alpha value is -2.05. The van der Waals surface area contributed by atoms with Gasteiger partial charge in [-0.25, -0.2) is 9.59 Å². The number of carboxylic acids is 1. The normalized spacial score (nSPS) is 13.6. The van der Waals surface area contributed by atoms with Gasteiger partial charge in [0, 0.05) is 18.8 Å². The van der Waals surface area contributed by atoms with Gasteiger partial charge in [-0.05, 0) is 12.8 Å². The number of carboxylic acid groups (broad SMARTS) is 1. The van der Waals surface area contributed by atoms with Gasteiger partial charge in [-0.3, -0.25) is 10.00 Å². The molecule has 0 spiro atoms. The Labute approximate surface area is 112 Å². The summed E-state index contributed by atoms with van der Waals surface area (Å²) in [5.74, 6) is -0.785. The molecule has 0 aliphatic carbocycles. The number of carbonyl (C=O) groups is 2. The molecule has 106 valence electrons. The molecule has 2 amide bonds. The number of hydrogen-bond acceptors (Lipinski definition) is 3. The number of hydrogen-bond donors (Lipinski definition) is 3. The molecule has 0 saturated carbocycles. The Balaban J connectivity index is 2.60. The van der Waals surface area contributed by atoms with E-state index >= 15 is 0 Å². The van der Waals surface area contributed by atoms with E-state index in [0.717, 1.165) is 0 Å². The van der Waals surface area contributed by atoms with Crippen molar-refractivity contribution < 1.29 is 14.7 Å². The van der Waals surface area contributed by atoms with Crippen molar-refractivity contribution in [3.8, 4) is 0 Å². The Morgan fingerprint density at radius 3 is 2.63 bits per heavy atom. The van der Waals surface area contributed by atoms with Crippen molar-refractivity contribution in [3.05, 3.63) is 12.3 Å². The van der Waals surface area contributed by atoms with Gasteiger partial charge in [0.2, 0.25) is 0 Å². The minimum atomic E-state index is -1.04. The van der Waals surface area contributed by atoms with Gasteiger partial charge in [0.05, 0.1) is 0 Å². The van der Waals surface area contributed by atoms with Crippen LogP contribution in [0.2, 0.25) is 0 Å². The van der Waals surface area contributed by atoms with E-state index in [-0.39, 0.29) is 5.92 Å². The highest BCUT2D eigenvalue weighted by atomic mass is 16.4. The second kappa shape index (κ2) is 6.77. The first-order valence-electron chi connectivity index (χ1n) is 6.31. The average molecular weight is 268 g/mol. The van der Waals surface area contributed by atoms with Crippen molar-refractivity contribution in [2.75, 3.05) is 5.32 Å². The minimum absolute atomic E-state index is 0.142. The van der Waals surface area contributed by atoms with Gasteiger partial charge in [-0.2, -0.15) is 5.10 Å². The first-order valence-corrected chi connectivity index (χ1v) is 6.31. The molecule has 1 heterocycles. The van der Waals surface area contributed by atoms with E-state index in [2.05, 4.69) is 15.7 Å². The molecular weight excluding hydrogens is 248 g/mol. The van der Waals surface area contributed by atoms with E-state index in [9.17, 15) is 9.59 Å². The number of aromatic nitrogens is 2. The molecule has 0 aliphatic heterocycles. The van der Waals surface area contributed by atoms with E-state index in [4.69, 9.17) is 5.11 Å². The molecule has 0 bridgehead atoms. The van der Waals surface area contributed by atoms with Gasteiger partial charge < -0.3 is 10.4 Å². The molecule has 7 nitrogen and oxygen atoms in total. The van der Waals surface area contributed by atoms with Crippen LogP contribution in [0, 0.1) is 5.92 Å². The number of anilines is 1. The van der Waals surface area contributed by atoms with E-state index in [1.54, 1.807) is 23.9 Å². The Morgan fingerprint density at radius 1 is 1.47 bits per heavy atom. The van der Waals surface area contributed by atoms with Gasteiger partial charge in [0.15, 0.2) is 5.82 Å². The molecule has 2 atom stereocenters. The largest absolute Gasteiger partial charge is 0.480 e. The van der Waals surface area contributed by atoms with Crippen LogP contribution in [0.15, 0.2) is 12.3 Å². The van der Waals surface area contributed by atoms with Gasteiger partial charge >= 0.3 is 12.0 Å². The van der Waals surface area contributed by atoms with Gasteiger partial charge in [0.1, 0.15) is 6.04 Å². The van der Waals surface area contributed by atoms with Crippen molar-refractivity contribution in [2.24, 2.45) is 5.92 Å². The molecule has 0 aromatic carbocycles. The van der Waals surface area contributed by atoms with Crippen LogP contribution in [0.5, 0.6) is 0 Å². The Kier molecular flexibility index (Phi) is 5.35. The van der Waals surface area contributed by atoms with Crippen molar-refractivity contribution in [3.63, 3.8) is 0 Å². The van der Waals surface area contributed by atoms with Crippen LogP contribution in [0.4, 0.5) is 10.6 Å². The van der Waals surface area contributed by atoms with Gasteiger partial charge in [0.25, 0.3) is 0 Å². The molecule has 1 rings (SSSR count). The molecule has 0 saturated heterocycles. The van der Waals surface area contributed by atoms with Crippen molar-refractivity contribution in [1.82, 2.24) is 15.1 Å². The predicted molar refractivity (Wildman–Crippen MR) is 70.9 cm³/mol. The van der Waals surface area contributed by atoms with Crippen molar-refractivity contribution in [2.45, 2.75) is 39.8 Å². The number of carbonyl (C=O) groups excluding carboxylic acids is 1. The summed E-state index contributed by atoms with van der Waals surface area (Å²) in [6.45, 7) is 6.29. The lowest BCUT2D eigenvalue weighted by molar-refractivity contribution is -0.140. The standard InChI is InChI=1S/C12H20N4O3/c1-4-8(3)10(11(17)18)14-12(19)13-9-6-7-16(5-2)15-9/h6-8,10H,4-5H2,1-3H3,(H,17,18)(H2,13,14,15,19). The maximum atomic E-state index is 11.7. The van der Waals surface area contributed by atoms with Gasteiger partial charge in [-0.1, -0.05) is 20.3 Å². The summed E-state index contributed by atoms with van der Waals surface area (Å²) in [5.41, 5.74) is 0. The molecular formula is C12H20N4O3. The van der Waals surface area contributed by atoms with Crippen molar-refractivity contribution >= 4 is 17.8 Å². The highest BCUT2D eigenvalue weighted by Crippen LogP contribution is 2.08. The van der Waals surface area contributed by atoms with Gasteiger partial charge in [-0.15, -0.1) is 0 Å². The molecule has 19 heavy (non-hydrogen) atoms. The molecule has 7 heteroatoms. The fraction of sp³-hybridized carbons (Fsp3) is 0.583. The van der Waals surface area contributed by atoms with E-state index < -0.39 is 18.0 Å². The van der Waals surface area contributed by atoms with Crippen LogP contribution in [0.3, 0.4) is 0 Å². The lowest BCUT2D eigenvalue weighted by atomic mass is 9.99. The van der Waals surface area contributed by atoms with Crippen LogP contribution >= 0.6 is 0 Å². The topological polar surface area (TPSA) is 96.3 Å². The molecule has 2 unspecified atom stereocenters. The average Bonchev–Trinajstić information content (AvgIpc) is 2.82. The summed E-state index contributed by atoms with van der Waals surface area (Å²) in [6, 6.07) is 0.189. The van der Waals surface area contributed by atoms with Crippen LogP contribution in [0.1, 0.15) is 27.2 Å². The number of aryl methyl sites for hydroxylation is 1.